The number of carbonyl (C=O) groups excluding carboxylic acids is 2. The molecular formula is C12H15NO4. The predicted octanol–water partition coefficient (Wildman–Crippen LogP) is 0.585. The highest BCUT2D eigenvalue weighted by Crippen LogP contribution is 2.09. The highest BCUT2D eigenvalue weighted by molar-refractivity contribution is 6.05. The maximum absolute atomic E-state index is 11.8. The molecule has 5 heteroatoms. The van der Waals surface area contributed by atoms with Gasteiger partial charge in [0.15, 0.2) is 0 Å². The molecule has 17 heavy (non-hydrogen) atoms. The molecule has 0 aromatic heterocycles. The maximum atomic E-state index is 11.8. The van der Waals surface area contributed by atoms with Crippen molar-refractivity contribution in [3.05, 3.63) is 35.4 Å². The smallest absolute Gasteiger partial charge is 0.338 e. The summed E-state index contributed by atoms with van der Waals surface area (Å²) in [7, 11) is 1.27. The van der Waals surface area contributed by atoms with Gasteiger partial charge in [0, 0.05) is 13.2 Å². The van der Waals surface area contributed by atoms with Crippen LogP contribution in [-0.2, 0) is 4.74 Å². The summed E-state index contributed by atoms with van der Waals surface area (Å²) in [6.45, 7) is 0.379. The lowest BCUT2D eigenvalue weighted by molar-refractivity contribution is 0.0596. The van der Waals surface area contributed by atoms with Crippen LogP contribution >= 0.6 is 0 Å². The van der Waals surface area contributed by atoms with E-state index in [1.165, 1.54) is 13.2 Å². The number of aliphatic hydroxyl groups is 1. The fourth-order valence-corrected chi connectivity index (χ4v) is 1.35. The van der Waals surface area contributed by atoms with Crippen LogP contribution in [0.4, 0.5) is 0 Å². The molecule has 0 bridgehead atoms. The quantitative estimate of drug-likeness (QED) is 0.580. The summed E-state index contributed by atoms with van der Waals surface area (Å²) in [4.78, 5) is 23.2. The molecule has 1 rings (SSSR count). The molecular weight excluding hydrogens is 222 g/mol. The first-order chi connectivity index (χ1) is 8.20. The molecule has 1 aromatic carbocycles. The van der Waals surface area contributed by atoms with Crippen LogP contribution in [-0.4, -0.2) is 37.2 Å². The van der Waals surface area contributed by atoms with Gasteiger partial charge in [0.25, 0.3) is 5.91 Å². The summed E-state index contributed by atoms with van der Waals surface area (Å²) in [6.07, 6.45) is 0.478. The fourth-order valence-electron chi connectivity index (χ4n) is 1.35. The lowest BCUT2D eigenvalue weighted by Gasteiger charge is -2.08. The zero-order valence-corrected chi connectivity index (χ0v) is 9.60. The Balaban J connectivity index is 2.82. The van der Waals surface area contributed by atoms with E-state index >= 15 is 0 Å². The molecule has 1 aromatic rings. The zero-order chi connectivity index (χ0) is 12.7. The Labute approximate surface area is 99.4 Å². The first-order valence-corrected chi connectivity index (χ1v) is 5.27. The van der Waals surface area contributed by atoms with Crippen LogP contribution in [0.25, 0.3) is 0 Å². The van der Waals surface area contributed by atoms with Crippen molar-refractivity contribution in [2.75, 3.05) is 20.3 Å². The molecule has 0 saturated heterocycles. The summed E-state index contributed by atoms with van der Waals surface area (Å²) in [5.41, 5.74) is 0.508. The van der Waals surface area contributed by atoms with Gasteiger partial charge in [0.1, 0.15) is 0 Å². The van der Waals surface area contributed by atoms with Crippen LogP contribution < -0.4 is 5.32 Å². The minimum atomic E-state index is -0.544. The van der Waals surface area contributed by atoms with E-state index in [-0.39, 0.29) is 23.6 Å². The van der Waals surface area contributed by atoms with Crippen LogP contribution in [0.5, 0.6) is 0 Å². The molecule has 0 saturated carbocycles. The highest BCUT2D eigenvalue weighted by Gasteiger charge is 2.16. The van der Waals surface area contributed by atoms with Crippen LogP contribution in [0.2, 0.25) is 0 Å². The third kappa shape index (κ3) is 3.57. The SMILES string of the molecule is COC(=O)c1ccccc1C(=O)NCCCO. The average Bonchev–Trinajstić information content (AvgIpc) is 2.38. The Hall–Kier alpha value is -1.88. The van der Waals surface area contributed by atoms with Crippen LogP contribution in [0.15, 0.2) is 24.3 Å². The highest BCUT2D eigenvalue weighted by atomic mass is 16.5. The maximum Gasteiger partial charge on any atom is 0.338 e. The number of esters is 1. The summed E-state index contributed by atoms with van der Waals surface area (Å²) in [5, 5.41) is 11.2. The Morgan fingerprint density at radius 1 is 1.29 bits per heavy atom. The minimum Gasteiger partial charge on any atom is -0.465 e. The van der Waals surface area contributed by atoms with Gasteiger partial charge in [-0.2, -0.15) is 0 Å². The zero-order valence-electron chi connectivity index (χ0n) is 9.60. The van der Waals surface area contributed by atoms with Gasteiger partial charge in [0.05, 0.1) is 18.2 Å². The molecule has 0 radical (unpaired) electrons. The van der Waals surface area contributed by atoms with Gasteiger partial charge in [-0.05, 0) is 18.6 Å². The summed E-state index contributed by atoms with van der Waals surface area (Å²) in [5.74, 6) is -0.891. The Bertz CT molecular complexity index is 403. The molecule has 0 unspecified atom stereocenters. The fraction of sp³-hybridized carbons (Fsp3) is 0.333. The van der Waals surface area contributed by atoms with E-state index in [4.69, 9.17) is 5.11 Å². The summed E-state index contributed by atoms with van der Waals surface area (Å²) < 4.78 is 4.59. The minimum absolute atomic E-state index is 0.0128. The number of ether oxygens (including phenoxy) is 1. The van der Waals surface area contributed by atoms with Gasteiger partial charge >= 0.3 is 5.97 Å². The summed E-state index contributed by atoms with van der Waals surface area (Å²) in [6, 6.07) is 6.43. The largest absolute Gasteiger partial charge is 0.465 e. The average molecular weight is 237 g/mol. The number of rotatable bonds is 5. The van der Waals surface area contributed by atoms with E-state index in [2.05, 4.69) is 10.1 Å². The van der Waals surface area contributed by atoms with E-state index in [1.807, 2.05) is 0 Å². The Morgan fingerprint density at radius 3 is 2.53 bits per heavy atom. The molecule has 1 amide bonds. The third-order valence-electron chi connectivity index (χ3n) is 2.20. The second-order valence-electron chi connectivity index (χ2n) is 3.37. The topological polar surface area (TPSA) is 75.6 Å². The van der Waals surface area contributed by atoms with Gasteiger partial charge in [-0.25, -0.2) is 4.79 Å². The van der Waals surface area contributed by atoms with Gasteiger partial charge in [0.2, 0.25) is 0 Å². The molecule has 92 valence electrons. The number of hydrogen-bond acceptors (Lipinski definition) is 4. The van der Waals surface area contributed by atoms with Gasteiger partial charge in [-0.3, -0.25) is 4.79 Å². The van der Waals surface area contributed by atoms with Crippen molar-refractivity contribution in [3.8, 4) is 0 Å². The van der Waals surface area contributed by atoms with Crippen LogP contribution in [0.1, 0.15) is 27.1 Å². The lowest BCUT2D eigenvalue weighted by Crippen LogP contribution is -2.27. The number of aliphatic hydroxyl groups excluding tert-OH is 1. The summed E-state index contributed by atoms with van der Waals surface area (Å²) >= 11 is 0. The van der Waals surface area contributed by atoms with Crippen molar-refractivity contribution in [1.29, 1.82) is 0 Å². The first kappa shape index (κ1) is 13.2. The van der Waals surface area contributed by atoms with Crippen molar-refractivity contribution < 1.29 is 19.4 Å². The van der Waals surface area contributed by atoms with Crippen molar-refractivity contribution in [2.24, 2.45) is 0 Å². The second kappa shape index (κ2) is 6.65. The van der Waals surface area contributed by atoms with E-state index < -0.39 is 5.97 Å². The molecule has 5 nitrogen and oxygen atoms in total. The number of amides is 1. The second-order valence-corrected chi connectivity index (χ2v) is 3.37. The predicted molar refractivity (Wildman–Crippen MR) is 61.8 cm³/mol. The van der Waals surface area contributed by atoms with E-state index in [0.717, 1.165) is 0 Å². The van der Waals surface area contributed by atoms with Gasteiger partial charge in [-0.1, -0.05) is 12.1 Å². The third-order valence-corrected chi connectivity index (χ3v) is 2.20. The number of nitrogens with one attached hydrogen (secondary N) is 1. The van der Waals surface area contributed by atoms with Crippen LogP contribution in [0, 0.1) is 0 Å². The molecule has 0 aliphatic carbocycles. The van der Waals surface area contributed by atoms with E-state index in [9.17, 15) is 9.59 Å². The van der Waals surface area contributed by atoms with Crippen molar-refractivity contribution >= 4 is 11.9 Å². The molecule has 0 heterocycles. The van der Waals surface area contributed by atoms with Crippen molar-refractivity contribution in [2.45, 2.75) is 6.42 Å². The van der Waals surface area contributed by atoms with Gasteiger partial charge in [-0.15, -0.1) is 0 Å². The number of hydrogen-bond donors (Lipinski definition) is 2. The molecule has 0 fully saturated rings. The Kier molecular flexibility index (Phi) is 5.16. The molecule has 0 spiro atoms. The van der Waals surface area contributed by atoms with E-state index in [0.29, 0.717) is 13.0 Å². The normalized spacial score (nSPS) is 9.76. The number of carbonyl (C=O) groups is 2. The number of methoxy groups -OCH3 is 1. The monoisotopic (exact) mass is 237 g/mol. The molecule has 0 aliphatic rings. The Morgan fingerprint density at radius 2 is 1.94 bits per heavy atom. The van der Waals surface area contributed by atoms with E-state index in [1.54, 1.807) is 18.2 Å². The van der Waals surface area contributed by atoms with Gasteiger partial charge < -0.3 is 15.2 Å². The van der Waals surface area contributed by atoms with Crippen molar-refractivity contribution in [1.82, 2.24) is 5.32 Å². The number of benzene rings is 1. The first-order valence-electron chi connectivity index (χ1n) is 5.27. The molecule has 0 aliphatic heterocycles. The van der Waals surface area contributed by atoms with Crippen molar-refractivity contribution in [3.63, 3.8) is 0 Å². The lowest BCUT2D eigenvalue weighted by atomic mass is 10.1. The van der Waals surface area contributed by atoms with Crippen LogP contribution in [0.3, 0.4) is 0 Å². The standard InChI is InChI=1S/C12H15NO4/c1-17-12(16)10-6-3-2-5-9(10)11(15)13-7-4-8-14/h2-3,5-6,14H,4,7-8H2,1H3,(H,13,15). The molecule has 0 atom stereocenters. The molecule has 2 N–H and O–H groups in total.